The average molecular weight is 260 g/mol. The Morgan fingerprint density at radius 1 is 1.35 bits per heavy atom. The van der Waals surface area contributed by atoms with Gasteiger partial charge < -0.3 is 4.90 Å². The molecule has 92 valence electrons. The third kappa shape index (κ3) is 2.75. The Hall–Kier alpha value is -1.16. The molecule has 0 saturated carbocycles. The van der Waals surface area contributed by atoms with Crippen LogP contribution in [0.5, 0.6) is 0 Å². The normalized spacial score (nSPS) is 20.1. The van der Waals surface area contributed by atoms with Gasteiger partial charge in [-0.05, 0) is 23.6 Å². The molecule has 1 aliphatic heterocycles. The van der Waals surface area contributed by atoms with Crippen LogP contribution in [0.3, 0.4) is 0 Å². The molecule has 2 nitrogen and oxygen atoms in total. The molecule has 0 N–H and O–H groups in total. The number of likely N-dealkylation sites (tertiary alicyclic amines) is 1. The van der Waals surface area contributed by atoms with Gasteiger partial charge in [-0.3, -0.25) is 4.79 Å². The zero-order valence-corrected chi connectivity index (χ0v) is 9.88. The van der Waals surface area contributed by atoms with Gasteiger partial charge in [-0.25, -0.2) is 8.78 Å². The van der Waals surface area contributed by atoms with E-state index < -0.39 is 11.6 Å². The standard InChI is InChI=1S/C12H12ClF2NO/c13-5-9-4-12(17)16(7-9)6-8-1-2-10(14)11(15)3-8/h1-3,9H,4-7H2. The van der Waals surface area contributed by atoms with E-state index in [0.717, 1.165) is 12.1 Å². The van der Waals surface area contributed by atoms with Crippen molar-refractivity contribution in [3.8, 4) is 0 Å². The number of rotatable bonds is 3. The Morgan fingerprint density at radius 2 is 2.12 bits per heavy atom. The predicted molar refractivity (Wildman–Crippen MR) is 60.6 cm³/mol. The summed E-state index contributed by atoms with van der Waals surface area (Å²) in [6, 6.07) is 3.68. The third-order valence-electron chi connectivity index (χ3n) is 2.87. The van der Waals surface area contributed by atoms with Crippen LogP contribution in [0.4, 0.5) is 8.78 Å². The highest BCUT2D eigenvalue weighted by atomic mass is 35.5. The van der Waals surface area contributed by atoms with Crippen LogP contribution < -0.4 is 0 Å². The molecular weight excluding hydrogens is 248 g/mol. The summed E-state index contributed by atoms with van der Waals surface area (Å²) in [4.78, 5) is 13.2. The zero-order valence-electron chi connectivity index (χ0n) is 9.13. The molecule has 0 bridgehead atoms. The van der Waals surface area contributed by atoms with Crippen molar-refractivity contribution >= 4 is 17.5 Å². The Morgan fingerprint density at radius 3 is 2.71 bits per heavy atom. The van der Waals surface area contributed by atoms with Gasteiger partial charge in [-0.1, -0.05) is 6.07 Å². The van der Waals surface area contributed by atoms with Gasteiger partial charge in [0.15, 0.2) is 11.6 Å². The van der Waals surface area contributed by atoms with Gasteiger partial charge in [0.05, 0.1) is 0 Å². The van der Waals surface area contributed by atoms with E-state index in [1.165, 1.54) is 6.07 Å². The lowest BCUT2D eigenvalue weighted by Crippen LogP contribution is -2.24. The lowest BCUT2D eigenvalue weighted by atomic mass is 10.1. The fourth-order valence-electron chi connectivity index (χ4n) is 1.97. The minimum absolute atomic E-state index is 0.0142. The van der Waals surface area contributed by atoms with Crippen molar-refractivity contribution < 1.29 is 13.6 Å². The van der Waals surface area contributed by atoms with Crippen molar-refractivity contribution in [3.63, 3.8) is 0 Å². The number of carbonyl (C=O) groups is 1. The van der Waals surface area contributed by atoms with Crippen LogP contribution in [-0.2, 0) is 11.3 Å². The van der Waals surface area contributed by atoms with Crippen LogP contribution in [-0.4, -0.2) is 23.2 Å². The van der Waals surface area contributed by atoms with E-state index in [9.17, 15) is 13.6 Å². The number of carbonyl (C=O) groups excluding carboxylic acids is 1. The van der Waals surface area contributed by atoms with Crippen molar-refractivity contribution in [2.75, 3.05) is 12.4 Å². The number of amides is 1. The summed E-state index contributed by atoms with van der Waals surface area (Å²) in [5.74, 6) is -1.14. The van der Waals surface area contributed by atoms with E-state index in [2.05, 4.69) is 0 Å². The van der Waals surface area contributed by atoms with E-state index in [1.54, 1.807) is 4.90 Å². The molecule has 5 heteroatoms. The van der Waals surface area contributed by atoms with E-state index in [4.69, 9.17) is 11.6 Å². The molecule has 0 spiro atoms. The maximum absolute atomic E-state index is 13.0. The maximum Gasteiger partial charge on any atom is 0.223 e. The van der Waals surface area contributed by atoms with E-state index in [0.29, 0.717) is 31.0 Å². The Kier molecular flexibility index (Phi) is 3.62. The number of alkyl halides is 1. The smallest absolute Gasteiger partial charge is 0.223 e. The average Bonchev–Trinajstić information content (AvgIpc) is 2.65. The van der Waals surface area contributed by atoms with E-state index in [1.807, 2.05) is 0 Å². The van der Waals surface area contributed by atoms with Gasteiger partial charge in [0.1, 0.15) is 0 Å². The predicted octanol–water partition coefficient (Wildman–Crippen LogP) is 2.55. The molecule has 0 radical (unpaired) electrons. The second-order valence-corrected chi connectivity index (χ2v) is 4.56. The lowest BCUT2D eigenvalue weighted by Gasteiger charge is -2.16. The van der Waals surface area contributed by atoms with Gasteiger partial charge in [-0.2, -0.15) is 0 Å². The topological polar surface area (TPSA) is 20.3 Å². The molecule has 1 saturated heterocycles. The second kappa shape index (κ2) is 5.00. The minimum Gasteiger partial charge on any atom is -0.338 e. The highest BCUT2D eigenvalue weighted by Crippen LogP contribution is 2.21. The fourth-order valence-corrected chi connectivity index (χ4v) is 2.18. The lowest BCUT2D eigenvalue weighted by molar-refractivity contribution is -0.128. The van der Waals surface area contributed by atoms with E-state index in [-0.39, 0.29) is 11.8 Å². The highest BCUT2D eigenvalue weighted by Gasteiger charge is 2.28. The Balaban J connectivity index is 2.06. The van der Waals surface area contributed by atoms with Gasteiger partial charge in [0, 0.05) is 25.4 Å². The summed E-state index contributed by atoms with van der Waals surface area (Å²) in [5.41, 5.74) is 0.590. The van der Waals surface area contributed by atoms with Crippen molar-refractivity contribution in [1.29, 1.82) is 0 Å². The molecule has 2 rings (SSSR count). The summed E-state index contributed by atoms with van der Waals surface area (Å²) in [7, 11) is 0. The molecule has 0 aliphatic carbocycles. The second-order valence-electron chi connectivity index (χ2n) is 4.25. The largest absolute Gasteiger partial charge is 0.338 e. The van der Waals surface area contributed by atoms with Crippen LogP contribution in [0.1, 0.15) is 12.0 Å². The molecule has 17 heavy (non-hydrogen) atoms. The van der Waals surface area contributed by atoms with Gasteiger partial charge in [0.25, 0.3) is 0 Å². The molecule has 0 aromatic heterocycles. The number of hydrogen-bond donors (Lipinski definition) is 0. The first-order valence-corrected chi connectivity index (χ1v) is 5.91. The molecule has 1 unspecified atom stereocenters. The minimum atomic E-state index is -0.886. The van der Waals surface area contributed by atoms with Gasteiger partial charge in [-0.15, -0.1) is 11.6 Å². The SMILES string of the molecule is O=C1CC(CCl)CN1Cc1ccc(F)c(F)c1. The molecule has 1 aromatic carbocycles. The van der Waals surface area contributed by atoms with Gasteiger partial charge >= 0.3 is 0 Å². The number of hydrogen-bond acceptors (Lipinski definition) is 1. The first kappa shape index (κ1) is 12.3. The molecule has 1 fully saturated rings. The fraction of sp³-hybridized carbons (Fsp3) is 0.417. The zero-order chi connectivity index (χ0) is 12.4. The Bertz CT molecular complexity index is 439. The molecule has 1 aromatic rings. The maximum atomic E-state index is 13.0. The highest BCUT2D eigenvalue weighted by molar-refractivity contribution is 6.18. The molecular formula is C12H12ClF2NO. The van der Waals surface area contributed by atoms with Crippen LogP contribution >= 0.6 is 11.6 Å². The van der Waals surface area contributed by atoms with Crippen molar-refractivity contribution in [2.24, 2.45) is 5.92 Å². The monoisotopic (exact) mass is 259 g/mol. The summed E-state index contributed by atoms with van der Waals surface area (Å²) < 4.78 is 25.7. The quantitative estimate of drug-likeness (QED) is 0.764. The first-order valence-electron chi connectivity index (χ1n) is 5.38. The molecule has 1 heterocycles. The summed E-state index contributed by atoms with van der Waals surface area (Å²) in [5, 5.41) is 0. The summed E-state index contributed by atoms with van der Waals surface area (Å²) in [6.07, 6.45) is 0.438. The Labute approximate surface area is 103 Å². The van der Waals surface area contributed by atoms with Crippen LogP contribution in [0.15, 0.2) is 18.2 Å². The van der Waals surface area contributed by atoms with Crippen molar-refractivity contribution in [2.45, 2.75) is 13.0 Å². The molecule has 1 atom stereocenters. The third-order valence-corrected chi connectivity index (χ3v) is 3.31. The molecule has 1 aliphatic rings. The number of halogens is 3. The van der Waals surface area contributed by atoms with Crippen molar-refractivity contribution in [1.82, 2.24) is 4.90 Å². The van der Waals surface area contributed by atoms with Crippen LogP contribution in [0, 0.1) is 17.6 Å². The van der Waals surface area contributed by atoms with Gasteiger partial charge in [0.2, 0.25) is 5.91 Å². The summed E-state index contributed by atoms with van der Waals surface area (Å²) >= 11 is 5.70. The number of benzene rings is 1. The van der Waals surface area contributed by atoms with Crippen molar-refractivity contribution in [3.05, 3.63) is 35.4 Å². The number of nitrogens with zero attached hydrogens (tertiary/aromatic N) is 1. The molecule has 1 amide bonds. The van der Waals surface area contributed by atoms with Crippen LogP contribution in [0.2, 0.25) is 0 Å². The van der Waals surface area contributed by atoms with E-state index >= 15 is 0 Å². The van der Waals surface area contributed by atoms with Crippen LogP contribution in [0.25, 0.3) is 0 Å². The summed E-state index contributed by atoms with van der Waals surface area (Å²) in [6.45, 7) is 0.894. The first-order chi connectivity index (χ1) is 8.10.